The number of sulfone groups is 1. The quantitative estimate of drug-likeness (QED) is 0.687. The predicted octanol–water partition coefficient (Wildman–Crippen LogP) is 1.67. The van der Waals surface area contributed by atoms with Gasteiger partial charge in [0.2, 0.25) is 9.84 Å². The molecule has 0 unspecified atom stereocenters. The number of carbonyl (C=O) groups is 1. The zero-order valence-electron chi connectivity index (χ0n) is 6.90. The van der Waals surface area contributed by atoms with E-state index in [9.17, 15) is 13.2 Å². The Morgan fingerprint density at radius 3 is 2.64 bits per heavy atom. The van der Waals surface area contributed by atoms with Crippen LogP contribution >= 0.6 is 11.6 Å². The topological polar surface area (TPSA) is 51.2 Å². The van der Waals surface area contributed by atoms with Gasteiger partial charge in [-0.05, 0) is 12.1 Å². The van der Waals surface area contributed by atoms with Crippen molar-refractivity contribution in [3.63, 3.8) is 0 Å². The van der Waals surface area contributed by atoms with Gasteiger partial charge >= 0.3 is 0 Å². The number of fused-ring (bicyclic) bond motifs is 1. The second-order valence-electron chi connectivity index (χ2n) is 2.88. The highest BCUT2D eigenvalue weighted by Crippen LogP contribution is 2.33. The van der Waals surface area contributed by atoms with Gasteiger partial charge in [-0.2, -0.15) is 0 Å². The van der Waals surface area contributed by atoms with Crippen LogP contribution in [0.4, 0.5) is 0 Å². The van der Waals surface area contributed by atoms with E-state index in [-0.39, 0.29) is 10.5 Å². The van der Waals surface area contributed by atoms with Gasteiger partial charge in [0.25, 0.3) is 0 Å². The van der Waals surface area contributed by atoms with Gasteiger partial charge in [-0.3, -0.25) is 4.79 Å². The standard InChI is InChI=1S/C9H5ClO3S/c10-7-1-2-8-6(4-11)5-14(12,13)9(8)3-7/h1-5H. The zero-order chi connectivity index (χ0) is 10.3. The molecule has 1 heterocycles. The van der Waals surface area contributed by atoms with E-state index in [2.05, 4.69) is 0 Å². The summed E-state index contributed by atoms with van der Waals surface area (Å²) in [5.41, 5.74) is 0.598. The van der Waals surface area contributed by atoms with E-state index in [4.69, 9.17) is 11.6 Å². The van der Waals surface area contributed by atoms with Crippen LogP contribution in [0.25, 0.3) is 5.57 Å². The minimum Gasteiger partial charge on any atom is -0.298 e. The van der Waals surface area contributed by atoms with Crippen LogP contribution in [0.1, 0.15) is 5.56 Å². The van der Waals surface area contributed by atoms with Crippen LogP contribution in [-0.4, -0.2) is 14.7 Å². The molecule has 0 amide bonds. The SMILES string of the molecule is O=CC1=CS(=O)(=O)c2cc(Cl)ccc21. The summed E-state index contributed by atoms with van der Waals surface area (Å²) in [7, 11) is -3.47. The van der Waals surface area contributed by atoms with Gasteiger partial charge in [0.05, 0.1) is 4.90 Å². The normalized spacial score (nSPS) is 17.4. The Morgan fingerprint density at radius 1 is 1.29 bits per heavy atom. The zero-order valence-corrected chi connectivity index (χ0v) is 8.47. The van der Waals surface area contributed by atoms with E-state index in [1.165, 1.54) is 12.1 Å². The number of halogens is 1. The lowest BCUT2D eigenvalue weighted by Crippen LogP contribution is -1.92. The molecule has 0 radical (unpaired) electrons. The van der Waals surface area contributed by atoms with E-state index >= 15 is 0 Å². The maximum atomic E-state index is 11.5. The molecule has 1 aliphatic heterocycles. The Morgan fingerprint density at radius 2 is 2.00 bits per heavy atom. The lowest BCUT2D eigenvalue weighted by molar-refractivity contribution is -0.103. The number of benzene rings is 1. The highest BCUT2D eigenvalue weighted by atomic mass is 35.5. The number of hydrogen-bond acceptors (Lipinski definition) is 3. The molecule has 0 aromatic heterocycles. The number of allylic oxidation sites excluding steroid dienone is 1. The molecule has 0 atom stereocenters. The second-order valence-corrected chi connectivity index (χ2v) is 5.08. The lowest BCUT2D eigenvalue weighted by Gasteiger charge is -1.99. The number of hydrogen-bond donors (Lipinski definition) is 0. The average molecular weight is 229 g/mol. The summed E-state index contributed by atoms with van der Waals surface area (Å²) in [5, 5.41) is 1.30. The van der Waals surface area contributed by atoms with Gasteiger partial charge in [-0.15, -0.1) is 0 Å². The van der Waals surface area contributed by atoms with Crippen molar-refractivity contribution in [1.29, 1.82) is 0 Å². The summed E-state index contributed by atoms with van der Waals surface area (Å²) in [6.07, 6.45) is 0.525. The van der Waals surface area contributed by atoms with Crippen molar-refractivity contribution in [2.24, 2.45) is 0 Å². The highest BCUT2D eigenvalue weighted by molar-refractivity contribution is 7.95. The van der Waals surface area contributed by atoms with Crippen LogP contribution in [0.2, 0.25) is 5.02 Å². The van der Waals surface area contributed by atoms with Crippen LogP contribution < -0.4 is 0 Å². The molecule has 0 saturated heterocycles. The summed E-state index contributed by atoms with van der Waals surface area (Å²) < 4.78 is 23.0. The molecule has 3 nitrogen and oxygen atoms in total. The summed E-state index contributed by atoms with van der Waals surface area (Å²) in [6.45, 7) is 0. The van der Waals surface area contributed by atoms with E-state index < -0.39 is 9.84 Å². The summed E-state index contributed by atoms with van der Waals surface area (Å²) in [5.74, 6) is 0. The number of rotatable bonds is 1. The van der Waals surface area contributed by atoms with Gasteiger partial charge in [-0.25, -0.2) is 8.42 Å². The molecule has 0 saturated carbocycles. The average Bonchev–Trinajstić information content (AvgIpc) is 2.38. The molecule has 0 aliphatic carbocycles. The van der Waals surface area contributed by atoms with Crippen molar-refractivity contribution in [2.75, 3.05) is 0 Å². The fraction of sp³-hybridized carbons (Fsp3) is 0. The van der Waals surface area contributed by atoms with Crippen LogP contribution in [0.15, 0.2) is 28.5 Å². The first-order valence-electron chi connectivity index (χ1n) is 3.76. The Labute approximate surface area is 85.9 Å². The first kappa shape index (κ1) is 9.43. The minimum atomic E-state index is -3.47. The maximum absolute atomic E-state index is 11.5. The van der Waals surface area contributed by atoms with Gasteiger partial charge in [0.1, 0.15) is 0 Å². The maximum Gasteiger partial charge on any atom is 0.201 e. The Hall–Kier alpha value is -1.13. The van der Waals surface area contributed by atoms with Crippen LogP contribution in [0.3, 0.4) is 0 Å². The molecule has 1 aliphatic rings. The molecule has 0 N–H and O–H groups in total. The van der Waals surface area contributed by atoms with Crippen molar-refractivity contribution in [3.05, 3.63) is 34.2 Å². The van der Waals surface area contributed by atoms with E-state index in [0.717, 1.165) is 5.41 Å². The molecule has 0 bridgehead atoms. The van der Waals surface area contributed by atoms with Crippen molar-refractivity contribution >= 4 is 33.3 Å². The third-order valence-electron chi connectivity index (χ3n) is 1.97. The summed E-state index contributed by atoms with van der Waals surface area (Å²) in [6, 6.07) is 4.43. The monoisotopic (exact) mass is 228 g/mol. The third kappa shape index (κ3) is 1.27. The van der Waals surface area contributed by atoms with Crippen molar-refractivity contribution in [1.82, 2.24) is 0 Å². The van der Waals surface area contributed by atoms with Gasteiger partial charge in [-0.1, -0.05) is 17.7 Å². The Kier molecular flexibility index (Phi) is 1.97. The largest absolute Gasteiger partial charge is 0.298 e. The van der Waals surface area contributed by atoms with Crippen LogP contribution in [0, 0.1) is 0 Å². The van der Waals surface area contributed by atoms with Crippen LogP contribution in [-0.2, 0) is 14.6 Å². The third-order valence-corrected chi connectivity index (χ3v) is 3.72. The van der Waals surface area contributed by atoms with E-state index in [1.54, 1.807) is 6.07 Å². The van der Waals surface area contributed by atoms with Crippen molar-refractivity contribution < 1.29 is 13.2 Å². The summed E-state index contributed by atoms with van der Waals surface area (Å²) >= 11 is 5.67. The molecule has 5 heteroatoms. The Balaban J connectivity index is 2.81. The highest BCUT2D eigenvalue weighted by Gasteiger charge is 2.26. The first-order valence-corrected chi connectivity index (χ1v) is 5.69. The van der Waals surface area contributed by atoms with Gasteiger partial charge < -0.3 is 0 Å². The van der Waals surface area contributed by atoms with Gasteiger partial charge in [0.15, 0.2) is 6.29 Å². The molecular weight excluding hydrogens is 224 g/mol. The molecule has 72 valence electrons. The van der Waals surface area contributed by atoms with Crippen molar-refractivity contribution in [3.8, 4) is 0 Å². The molecule has 1 aromatic carbocycles. The minimum absolute atomic E-state index is 0.104. The fourth-order valence-electron chi connectivity index (χ4n) is 1.36. The fourth-order valence-corrected chi connectivity index (χ4v) is 3.02. The summed E-state index contributed by atoms with van der Waals surface area (Å²) in [4.78, 5) is 10.7. The lowest BCUT2D eigenvalue weighted by atomic mass is 10.1. The predicted molar refractivity (Wildman–Crippen MR) is 52.7 cm³/mol. The number of aldehydes is 1. The van der Waals surface area contributed by atoms with Crippen molar-refractivity contribution in [2.45, 2.75) is 4.90 Å². The van der Waals surface area contributed by atoms with E-state index in [0.29, 0.717) is 16.9 Å². The Bertz CT molecular complexity index is 543. The van der Waals surface area contributed by atoms with E-state index in [1.807, 2.05) is 0 Å². The van der Waals surface area contributed by atoms with Crippen LogP contribution in [0.5, 0.6) is 0 Å². The second kappa shape index (κ2) is 2.93. The molecule has 1 aromatic rings. The smallest absolute Gasteiger partial charge is 0.201 e. The molecule has 14 heavy (non-hydrogen) atoms. The number of carbonyl (C=O) groups excluding carboxylic acids is 1. The molecule has 2 rings (SSSR count). The molecular formula is C9H5ClO3S. The van der Waals surface area contributed by atoms with Gasteiger partial charge in [0, 0.05) is 21.6 Å². The first-order chi connectivity index (χ1) is 6.54. The molecule has 0 spiro atoms. The molecule has 0 fully saturated rings.